The Labute approximate surface area is 124 Å². The topological polar surface area (TPSA) is 57.0 Å². The Hall–Kier alpha value is -2.67. The van der Waals surface area contributed by atoms with Crippen molar-refractivity contribution >= 4 is 5.91 Å². The van der Waals surface area contributed by atoms with Crippen LogP contribution < -0.4 is 0 Å². The molecule has 0 spiro atoms. The van der Waals surface area contributed by atoms with Gasteiger partial charge >= 0.3 is 0 Å². The van der Waals surface area contributed by atoms with Crippen LogP contribution in [0.2, 0.25) is 0 Å². The van der Waals surface area contributed by atoms with Gasteiger partial charge in [-0.1, -0.05) is 36.4 Å². The van der Waals surface area contributed by atoms with Gasteiger partial charge in [-0.2, -0.15) is 5.26 Å². The highest BCUT2D eigenvalue weighted by Gasteiger charge is 2.23. The number of benzene rings is 1. The Bertz CT molecular complexity index is 661. The first kappa shape index (κ1) is 14.7. The van der Waals surface area contributed by atoms with Gasteiger partial charge in [0.25, 0.3) is 0 Å². The number of hydrogen-bond donors (Lipinski definition) is 0. The molecule has 1 aromatic heterocycles. The van der Waals surface area contributed by atoms with Gasteiger partial charge in [0.1, 0.15) is 5.92 Å². The van der Waals surface area contributed by atoms with Gasteiger partial charge in [0.2, 0.25) is 5.91 Å². The molecule has 0 aliphatic heterocycles. The Morgan fingerprint density at radius 3 is 2.57 bits per heavy atom. The summed E-state index contributed by atoms with van der Waals surface area (Å²) in [4.78, 5) is 18.4. The molecule has 21 heavy (non-hydrogen) atoms. The predicted molar refractivity (Wildman–Crippen MR) is 80.2 cm³/mol. The number of hydrogen-bond acceptors (Lipinski definition) is 3. The number of pyridine rings is 1. The minimum atomic E-state index is -0.777. The molecule has 0 bridgehead atoms. The number of aromatic nitrogens is 1. The molecular weight excluding hydrogens is 262 g/mol. The van der Waals surface area contributed by atoms with Crippen LogP contribution in [0, 0.1) is 18.3 Å². The normalized spacial score (nSPS) is 11.5. The zero-order valence-corrected chi connectivity index (χ0v) is 12.2. The van der Waals surface area contributed by atoms with E-state index in [4.69, 9.17) is 0 Å². The number of rotatable bonds is 4. The molecule has 4 nitrogen and oxygen atoms in total. The van der Waals surface area contributed by atoms with Crippen LogP contribution in [0.3, 0.4) is 0 Å². The standard InChI is InChI=1S/C17H17N3O/c1-13-7-6-10-15(19-13)12-20(2)17(21)16(11-18)14-8-4-3-5-9-14/h3-10,16H,12H2,1-2H3. The fourth-order valence-electron chi connectivity index (χ4n) is 2.15. The van der Waals surface area contributed by atoms with Gasteiger partial charge in [0.05, 0.1) is 18.3 Å². The molecule has 0 N–H and O–H groups in total. The Morgan fingerprint density at radius 2 is 1.95 bits per heavy atom. The van der Waals surface area contributed by atoms with Crippen LogP contribution in [-0.4, -0.2) is 22.8 Å². The van der Waals surface area contributed by atoms with Crippen molar-refractivity contribution in [1.29, 1.82) is 5.26 Å². The fraction of sp³-hybridized carbons (Fsp3) is 0.235. The molecular formula is C17H17N3O. The van der Waals surface area contributed by atoms with Crippen LogP contribution in [-0.2, 0) is 11.3 Å². The summed E-state index contributed by atoms with van der Waals surface area (Å²) in [7, 11) is 1.69. The summed E-state index contributed by atoms with van der Waals surface area (Å²) >= 11 is 0. The van der Waals surface area contributed by atoms with E-state index in [9.17, 15) is 10.1 Å². The fourth-order valence-corrected chi connectivity index (χ4v) is 2.15. The zero-order chi connectivity index (χ0) is 15.2. The molecule has 1 unspecified atom stereocenters. The Morgan fingerprint density at radius 1 is 1.24 bits per heavy atom. The molecule has 1 atom stereocenters. The summed E-state index contributed by atoms with van der Waals surface area (Å²) in [6.45, 7) is 2.30. The van der Waals surface area contributed by atoms with Crippen molar-refractivity contribution in [2.75, 3.05) is 7.05 Å². The van der Waals surface area contributed by atoms with E-state index in [1.54, 1.807) is 24.1 Å². The molecule has 0 saturated carbocycles. The maximum absolute atomic E-state index is 12.4. The highest BCUT2D eigenvalue weighted by molar-refractivity contribution is 5.86. The van der Waals surface area contributed by atoms with Gasteiger partial charge in [-0.25, -0.2) is 0 Å². The molecule has 0 saturated heterocycles. The second-order valence-corrected chi connectivity index (χ2v) is 4.94. The molecule has 4 heteroatoms. The largest absolute Gasteiger partial charge is 0.338 e. The summed E-state index contributed by atoms with van der Waals surface area (Å²) in [5, 5.41) is 9.30. The van der Waals surface area contributed by atoms with Crippen LogP contribution in [0.15, 0.2) is 48.5 Å². The van der Waals surface area contributed by atoms with E-state index in [0.29, 0.717) is 12.1 Å². The van der Waals surface area contributed by atoms with Crippen LogP contribution in [0.25, 0.3) is 0 Å². The summed E-state index contributed by atoms with van der Waals surface area (Å²) in [5.74, 6) is -0.993. The lowest BCUT2D eigenvalue weighted by molar-refractivity contribution is -0.130. The monoisotopic (exact) mass is 279 g/mol. The van der Waals surface area contributed by atoms with Gasteiger partial charge in [-0.3, -0.25) is 9.78 Å². The van der Waals surface area contributed by atoms with Crippen molar-refractivity contribution in [3.63, 3.8) is 0 Å². The molecule has 2 rings (SSSR count). The lowest BCUT2D eigenvalue weighted by atomic mass is 9.99. The van der Waals surface area contributed by atoms with Crippen molar-refractivity contribution in [2.45, 2.75) is 19.4 Å². The molecule has 1 heterocycles. The quantitative estimate of drug-likeness (QED) is 0.864. The molecule has 2 aromatic rings. The first-order chi connectivity index (χ1) is 10.1. The molecule has 1 aromatic carbocycles. The number of nitrogens with zero attached hydrogens (tertiary/aromatic N) is 3. The molecule has 0 fully saturated rings. The Kier molecular flexibility index (Phi) is 4.68. The molecule has 1 amide bonds. The third-order valence-corrected chi connectivity index (χ3v) is 3.23. The van der Waals surface area contributed by atoms with E-state index in [-0.39, 0.29) is 5.91 Å². The minimum Gasteiger partial charge on any atom is -0.338 e. The summed E-state index contributed by atoms with van der Waals surface area (Å²) < 4.78 is 0. The SMILES string of the molecule is Cc1cccc(CN(C)C(=O)C(C#N)c2ccccc2)n1. The minimum absolute atomic E-state index is 0.216. The predicted octanol–water partition coefficient (Wildman–Crippen LogP) is 2.66. The highest BCUT2D eigenvalue weighted by Crippen LogP contribution is 2.18. The van der Waals surface area contributed by atoms with E-state index >= 15 is 0 Å². The van der Waals surface area contributed by atoms with Crippen molar-refractivity contribution in [3.8, 4) is 6.07 Å². The van der Waals surface area contributed by atoms with Crippen LogP contribution >= 0.6 is 0 Å². The third-order valence-electron chi connectivity index (χ3n) is 3.23. The first-order valence-electron chi connectivity index (χ1n) is 6.74. The lowest BCUT2D eigenvalue weighted by Gasteiger charge is -2.20. The van der Waals surface area contributed by atoms with Crippen LogP contribution in [0.1, 0.15) is 22.9 Å². The van der Waals surface area contributed by atoms with Crippen molar-refractivity contribution in [2.24, 2.45) is 0 Å². The Balaban J connectivity index is 2.13. The van der Waals surface area contributed by atoms with Crippen LogP contribution in [0.4, 0.5) is 0 Å². The molecule has 0 radical (unpaired) electrons. The van der Waals surface area contributed by atoms with Gasteiger partial charge in [0, 0.05) is 12.7 Å². The van der Waals surface area contributed by atoms with E-state index < -0.39 is 5.92 Å². The van der Waals surface area contributed by atoms with Crippen molar-refractivity contribution in [1.82, 2.24) is 9.88 Å². The number of likely N-dealkylation sites (N-methyl/N-ethyl adjacent to an activating group) is 1. The maximum atomic E-state index is 12.4. The summed E-state index contributed by atoms with van der Waals surface area (Å²) in [6, 6.07) is 16.9. The summed E-state index contributed by atoms with van der Waals surface area (Å²) in [6.07, 6.45) is 0. The van der Waals surface area contributed by atoms with Gasteiger partial charge in [0.15, 0.2) is 0 Å². The number of carbonyl (C=O) groups excluding carboxylic acids is 1. The van der Waals surface area contributed by atoms with E-state index in [1.165, 1.54) is 0 Å². The van der Waals surface area contributed by atoms with E-state index in [1.807, 2.05) is 43.3 Å². The maximum Gasteiger partial charge on any atom is 0.244 e. The number of aryl methyl sites for hydroxylation is 1. The lowest BCUT2D eigenvalue weighted by Crippen LogP contribution is -2.31. The van der Waals surface area contributed by atoms with Crippen molar-refractivity contribution < 1.29 is 4.79 Å². The van der Waals surface area contributed by atoms with E-state index in [2.05, 4.69) is 11.1 Å². The number of nitriles is 1. The first-order valence-corrected chi connectivity index (χ1v) is 6.74. The number of carbonyl (C=O) groups is 1. The average molecular weight is 279 g/mol. The zero-order valence-electron chi connectivity index (χ0n) is 12.2. The third kappa shape index (κ3) is 3.67. The molecule has 106 valence electrons. The van der Waals surface area contributed by atoms with Gasteiger partial charge in [-0.05, 0) is 24.6 Å². The number of amides is 1. The second-order valence-electron chi connectivity index (χ2n) is 4.94. The second kappa shape index (κ2) is 6.67. The molecule has 0 aliphatic rings. The van der Waals surface area contributed by atoms with Gasteiger partial charge < -0.3 is 4.90 Å². The van der Waals surface area contributed by atoms with E-state index in [0.717, 1.165) is 11.4 Å². The molecule has 0 aliphatic carbocycles. The summed E-state index contributed by atoms with van der Waals surface area (Å²) in [5.41, 5.74) is 2.44. The van der Waals surface area contributed by atoms with Gasteiger partial charge in [-0.15, -0.1) is 0 Å². The smallest absolute Gasteiger partial charge is 0.244 e. The van der Waals surface area contributed by atoms with Crippen molar-refractivity contribution in [3.05, 3.63) is 65.5 Å². The van der Waals surface area contributed by atoms with Crippen LogP contribution in [0.5, 0.6) is 0 Å². The highest BCUT2D eigenvalue weighted by atomic mass is 16.2. The average Bonchev–Trinajstić information content (AvgIpc) is 2.49.